The first kappa shape index (κ1) is 21.5. The molecule has 9 heteroatoms. The van der Waals surface area contributed by atoms with Crippen LogP contribution in [0.15, 0.2) is 27.9 Å². The zero-order valence-electron chi connectivity index (χ0n) is 17.7. The molecule has 0 bridgehead atoms. The monoisotopic (exact) mass is 413 g/mol. The van der Waals surface area contributed by atoms with Crippen molar-refractivity contribution in [3.63, 3.8) is 0 Å². The summed E-state index contributed by atoms with van der Waals surface area (Å²) in [5.74, 6) is 1.01. The molecule has 0 fully saturated rings. The van der Waals surface area contributed by atoms with Crippen LogP contribution in [-0.4, -0.2) is 43.4 Å². The van der Waals surface area contributed by atoms with Crippen LogP contribution in [-0.2, 0) is 17.8 Å². The molecule has 0 amide bonds. The smallest absolute Gasteiger partial charge is 0.332 e. The van der Waals surface area contributed by atoms with Crippen LogP contribution in [0, 0.1) is 0 Å². The van der Waals surface area contributed by atoms with E-state index in [0.717, 1.165) is 5.56 Å². The van der Waals surface area contributed by atoms with Crippen molar-refractivity contribution in [2.45, 2.75) is 46.9 Å². The van der Waals surface area contributed by atoms with Crippen LogP contribution in [0.2, 0.25) is 0 Å². The summed E-state index contributed by atoms with van der Waals surface area (Å²) in [5, 5.41) is 0. The Morgan fingerprint density at radius 1 is 1.10 bits per heavy atom. The fraction of sp³-hybridized carbons (Fsp3) is 0.429. The predicted molar refractivity (Wildman–Crippen MR) is 116 cm³/mol. The molecule has 3 rings (SSSR count). The Morgan fingerprint density at radius 2 is 1.87 bits per heavy atom. The second-order valence-electron chi connectivity index (χ2n) is 6.93. The zero-order chi connectivity index (χ0) is 21.7. The van der Waals surface area contributed by atoms with Gasteiger partial charge >= 0.3 is 5.69 Å². The third kappa shape index (κ3) is 4.68. The summed E-state index contributed by atoms with van der Waals surface area (Å²) in [6.45, 7) is 9.25. The van der Waals surface area contributed by atoms with Crippen LogP contribution in [0.5, 0.6) is 5.88 Å². The number of imidazole rings is 1. The maximum Gasteiger partial charge on any atom is 0.332 e. The summed E-state index contributed by atoms with van der Waals surface area (Å²) in [5.41, 5.74) is 0.822. The number of hydrogen-bond donors (Lipinski definition) is 1. The van der Waals surface area contributed by atoms with Crippen LogP contribution in [0.3, 0.4) is 0 Å². The molecule has 0 aliphatic heterocycles. The molecule has 0 atom stereocenters. The van der Waals surface area contributed by atoms with E-state index in [-0.39, 0.29) is 17.4 Å². The average Bonchev–Trinajstić information content (AvgIpc) is 3.15. The SMILES string of the molecule is CCn1c(=O)c2[nH]c(C=Cc3ccc(OCCOC(C)C)nc3)nc2n(CC)c1=O. The van der Waals surface area contributed by atoms with Gasteiger partial charge < -0.3 is 14.5 Å². The zero-order valence-corrected chi connectivity index (χ0v) is 17.7. The molecule has 0 aliphatic rings. The molecule has 1 N–H and O–H groups in total. The van der Waals surface area contributed by atoms with Gasteiger partial charge in [-0.05, 0) is 51.5 Å². The Morgan fingerprint density at radius 3 is 2.50 bits per heavy atom. The lowest BCUT2D eigenvalue weighted by Gasteiger charge is -2.08. The molecule has 30 heavy (non-hydrogen) atoms. The van der Waals surface area contributed by atoms with Gasteiger partial charge in [0.15, 0.2) is 5.65 Å². The Bertz CT molecular complexity index is 1140. The molecule has 9 nitrogen and oxygen atoms in total. The normalized spacial score (nSPS) is 11.8. The van der Waals surface area contributed by atoms with Crippen LogP contribution >= 0.6 is 0 Å². The highest BCUT2D eigenvalue weighted by Crippen LogP contribution is 2.12. The van der Waals surface area contributed by atoms with E-state index in [1.807, 2.05) is 32.9 Å². The highest BCUT2D eigenvalue weighted by molar-refractivity contribution is 5.75. The van der Waals surface area contributed by atoms with Crippen LogP contribution in [0.25, 0.3) is 23.3 Å². The number of fused-ring (bicyclic) bond motifs is 1. The van der Waals surface area contributed by atoms with Crippen molar-refractivity contribution in [2.75, 3.05) is 13.2 Å². The molecule has 0 spiro atoms. The minimum Gasteiger partial charge on any atom is -0.475 e. The summed E-state index contributed by atoms with van der Waals surface area (Å²) in [6.07, 6.45) is 5.42. The largest absolute Gasteiger partial charge is 0.475 e. The highest BCUT2D eigenvalue weighted by Gasteiger charge is 2.14. The second-order valence-corrected chi connectivity index (χ2v) is 6.93. The molecule has 0 unspecified atom stereocenters. The number of aryl methyl sites for hydroxylation is 1. The van der Waals surface area contributed by atoms with Crippen molar-refractivity contribution in [2.24, 2.45) is 0 Å². The number of H-pyrrole nitrogens is 1. The van der Waals surface area contributed by atoms with E-state index in [9.17, 15) is 9.59 Å². The second kappa shape index (κ2) is 9.53. The lowest BCUT2D eigenvalue weighted by Crippen LogP contribution is -2.39. The first-order chi connectivity index (χ1) is 14.4. The summed E-state index contributed by atoms with van der Waals surface area (Å²) < 4.78 is 13.7. The van der Waals surface area contributed by atoms with Crippen molar-refractivity contribution in [1.82, 2.24) is 24.1 Å². The predicted octanol–water partition coefficient (Wildman–Crippen LogP) is 2.30. The maximum atomic E-state index is 12.5. The lowest BCUT2D eigenvalue weighted by atomic mass is 10.2. The van der Waals surface area contributed by atoms with Gasteiger partial charge in [-0.3, -0.25) is 13.9 Å². The fourth-order valence-electron chi connectivity index (χ4n) is 3.01. The summed E-state index contributed by atoms with van der Waals surface area (Å²) in [6, 6.07) is 3.65. The van der Waals surface area contributed by atoms with Crippen LogP contribution < -0.4 is 16.0 Å². The van der Waals surface area contributed by atoms with Gasteiger partial charge in [-0.1, -0.05) is 0 Å². The van der Waals surface area contributed by atoms with Crippen molar-refractivity contribution in [1.29, 1.82) is 0 Å². The topological polar surface area (TPSA) is 104 Å². The molecule has 0 radical (unpaired) electrons. The number of aromatic nitrogens is 5. The van der Waals surface area contributed by atoms with E-state index in [4.69, 9.17) is 9.47 Å². The summed E-state index contributed by atoms with van der Waals surface area (Å²) >= 11 is 0. The van der Waals surface area contributed by atoms with Crippen LogP contribution in [0.4, 0.5) is 0 Å². The number of nitrogens with one attached hydrogen (secondary N) is 1. The van der Waals surface area contributed by atoms with Gasteiger partial charge in [0.25, 0.3) is 5.56 Å². The Labute approximate surface area is 174 Å². The van der Waals surface area contributed by atoms with Gasteiger partial charge in [-0.15, -0.1) is 0 Å². The molecule has 3 heterocycles. The van der Waals surface area contributed by atoms with E-state index < -0.39 is 0 Å². The fourth-order valence-corrected chi connectivity index (χ4v) is 3.01. The summed E-state index contributed by atoms with van der Waals surface area (Å²) in [7, 11) is 0. The summed E-state index contributed by atoms with van der Waals surface area (Å²) in [4.78, 5) is 36.7. The van der Waals surface area contributed by atoms with E-state index >= 15 is 0 Å². The number of nitrogens with zero attached hydrogens (tertiary/aromatic N) is 4. The number of ether oxygens (including phenoxy) is 2. The molecule has 160 valence electrons. The average molecular weight is 413 g/mol. The van der Waals surface area contributed by atoms with E-state index in [1.54, 1.807) is 25.3 Å². The van der Waals surface area contributed by atoms with Crippen molar-refractivity contribution in [3.05, 3.63) is 50.6 Å². The molecule has 3 aromatic rings. The van der Waals surface area contributed by atoms with E-state index in [1.165, 1.54) is 9.13 Å². The molecule has 3 aromatic heterocycles. The van der Waals surface area contributed by atoms with Crippen molar-refractivity contribution >= 4 is 23.3 Å². The van der Waals surface area contributed by atoms with Gasteiger partial charge in [-0.2, -0.15) is 0 Å². The minimum absolute atomic E-state index is 0.171. The standard InChI is InChI=1S/C21H27N5O4/c1-5-25-19-18(20(27)26(6-2)21(25)28)23-16(24-19)9-7-15-8-10-17(22-13-15)30-12-11-29-14(3)4/h7-10,13-14H,5-6,11-12H2,1-4H3,(H,23,24). The molecule has 0 saturated heterocycles. The first-order valence-corrected chi connectivity index (χ1v) is 10.1. The van der Waals surface area contributed by atoms with E-state index in [2.05, 4.69) is 15.0 Å². The molecule has 0 saturated carbocycles. The lowest BCUT2D eigenvalue weighted by molar-refractivity contribution is 0.0542. The third-order valence-corrected chi connectivity index (χ3v) is 4.49. The van der Waals surface area contributed by atoms with Gasteiger partial charge in [0.2, 0.25) is 5.88 Å². The number of hydrogen-bond acceptors (Lipinski definition) is 6. The number of aromatic amines is 1. The van der Waals surface area contributed by atoms with Gasteiger partial charge in [0, 0.05) is 25.4 Å². The molecular weight excluding hydrogens is 386 g/mol. The van der Waals surface area contributed by atoms with Crippen molar-refractivity contribution in [3.8, 4) is 5.88 Å². The Kier molecular flexibility index (Phi) is 6.83. The molecule has 0 aliphatic carbocycles. The molecule has 0 aromatic carbocycles. The Balaban J connectivity index is 1.77. The minimum atomic E-state index is -0.362. The Hall–Kier alpha value is -3.20. The highest BCUT2D eigenvalue weighted by atomic mass is 16.5. The molecular formula is C21H27N5O4. The number of pyridine rings is 1. The van der Waals surface area contributed by atoms with Gasteiger partial charge in [0.05, 0.1) is 12.7 Å². The van der Waals surface area contributed by atoms with E-state index in [0.29, 0.717) is 49.2 Å². The van der Waals surface area contributed by atoms with Crippen LogP contribution in [0.1, 0.15) is 39.1 Å². The van der Waals surface area contributed by atoms with Gasteiger partial charge in [-0.25, -0.2) is 14.8 Å². The van der Waals surface area contributed by atoms with Crippen molar-refractivity contribution < 1.29 is 9.47 Å². The van der Waals surface area contributed by atoms with Gasteiger partial charge in [0.1, 0.15) is 17.9 Å². The number of rotatable bonds is 9. The maximum absolute atomic E-state index is 12.5. The first-order valence-electron chi connectivity index (χ1n) is 10.1. The quantitative estimate of drug-likeness (QED) is 0.540. The third-order valence-electron chi connectivity index (χ3n) is 4.49.